The van der Waals surface area contributed by atoms with E-state index in [0.29, 0.717) is 23.7 Å². The van der Waals surface area contributed by atoms with E-state index in [1.165, 1.54) is 0 Å². The van der Waals surface area contributed by atoms with Crippen LogP contribution in [0.15, 0.2) is 90.1 Å². The van der Waals surface area contributed by atoms with Gasteiger partial charge in [0.1, 0.15) is 5.37 Å². The number of carbonyl (C=O) groups excluding carboxylic acids is 1. The quantitative estimate of drug-likeness (QED) is 0.457. The van der Waals surface area contributed by atoms with Crippen LogP contribution < -0.4 is 5.32 Å². The van der Waals surface area contributed by atoms with E-state index in [9.17, 15) is 13.2 Å². The summed E-state index contributed by atoms with van der Waals surface area (Å²) in [5.74, 6) is -0.184. The van der Waals surface area contributed by atoms with Crippen LogP contribution in [-0.4, -0.2) is 49.2 Å². The van der Waals surface area contributed by atoms with Crippen molar-refractivity contribution in [3.63, 3.8) is 0 Å². The van der Waals surface area contributed by atoms with E-state index < -0.39 is 15.2 Å². The zero-order chi connectivity index (χ0) is 23.7. The number of hydrogen-bond donors (Lipinski definition) is 1. The molecule has 1 fully saturated rings. The Morgan fingerprint density at radius 2 is 1.59 bits per heavy atom. The van der Waals surface area contributed by atoms with Crippen LogP contribution in [0.1, 0.15) is 10.4 Å². The number of benzene rings is 3. The maximum Gasteiger partial charge on any atom is 0.253 e. The summed E-state index contributed by atoms with van der Waals surface area (Å²) in [5.41, 5.74) is 2.52. The minimum Gasteiger partial charge on any atom is -0.335 e. The number of aromatic nitrogens is 1. The molecular formula is C26H22ClN3O3S. The average Bonchev–Trinajstić information content (AvgIpc) is 2.88. The standard InChI is InChI=1S/C26H22ClN3O3S/c27-23-7-5-22-16-24(8-6-21(22)15-23)34(32,33)25-17-30(14-13-29-25)26(31)20-3-1-18(2-4-20)19-9-11-28-12-10-19/h1-12,15-16,25,29H,13-14,17H2. The maximum atomic E-state index is 13.4. The molecule has 0 spiro atoms. The second-order valence-electron chi connectivity index (χ2n) is 8.21. The van der Waals surface area contributed by atoms with Crippen LogP contribution >= 0.6 is 11.6 Å². The number of nitrogens with zero attached hydrogens (tertiary/aromatic N) is 2. The van der Waals surface area contributed by atoms with Gasteiger partial charge < -0.3 is 4.90 Å². The number of halogens is 1. The Bertz CT molecular complexity index is 1460. The van der Waals surface area contributed by atoms with Crippen LogP contribution in [0.3, 0.4) is 0 Å². The van der Waals surface area contributed by atoms with Crippen LogP contribution in [0.5, 0.6) is 0 Å². The molecule has 1 aromatic heterocycles. The number of amides is 1. The molecule has 0 aliphatic carbocycles. The zero-order valence-electron chi connectivity index (χ0n) is 18.2. The van der Waals surface area contributed by atoms with E-state index in [4.69, 9.17) is 11.6 Å². The van der Waals surface area contributed by atoms with Gasteiger partial charge in [-0.1, -0.05) is 35.9 Å². The minimum absolute atomic E-state index is 0.0753. The van der Waals surface area contributed by atoms with Gasteiger partial charge in [-0.25, -0.2) is 8.42 Å². The molecule has 8 heteroatoms. The molecule has 34 heavy (non-hydrogen) atoms. The lowest BCUT2D eigenvalue weighted by Crippen LogP contribution is -2.55. The molecule has 2 heterocycles. The second kappa shape index (κ2) is 9.18. The Morgan fingerprint density at radius 3 is 2.35 bits per heavy atom. The molecule has 1 aliphatic heterocycles. The van der Waals surface area contributed by atoms with Gasteiger partial charge in [0.25, 0.3) is 5.91 Å². The molecule has 1 aliphatic rings. The number of hydrogen-bond acceptors (Lipinski definition) is 5. The molecule has 3 aromatic carbocycles. The molecule has 0 bridgehead atoms. The Balaban J connectivity index is 1.35. The van der Waals surface area contributed by atoms with Crippen LogP contribution in [0.2, 0.25) is 5.02 Å². The van der Waals surface area contributed by atoms with E-state index in [-0.39, 0.29) is 17.3 Å². The van der Waals surface area contributed by atoms with Crippen LogP contribution in [0.4, 0.5) is 0 Å². The predicted molar refractivity (Wildman–Crippen MR) is 134 cm³/mol. The lowest BCUT2D eigenvalue weighted by Gasteiger charge is -2.33. The molecular weight excluding hydrogens is 470 g/mol. The third kappa shape index (κ3) is 4.42. The van der Waals surface area contributed by atoms with Crippen molar-refractivity contribution in [3.05, 3.63) is 95.8 Å². The normalized spacial score (nSPS) is 16.5. The van der Waals surface area contributed by atoms with Crippen molar-refractivity contribution >= 4 is 38.1 Å². The predicted octanol–water partition coefficient (Wildman–Crippen LogP) is 4.40. The van der Waals surface area contributed by atoms with E-state index in [0.717, 1.165) is 21.9 Å². The van der Waals surface area contributed by atoms with E-state index in [2.05, 4.69) is 10.3 Å². The second-order valence-corrected chi connectivity index (χ2v) is 10.8. The number of piperazine rings is 1. The molecule has 1 unspecified atom stereocenters. The largest absolute Gasteiger partial charge is 0.335 e. The molecule has 1 N–H and O–H groups in total. The summed E-state index contributed by atoms with van der Waals surface area (Å²) in [4.78, 5) is 19.0. The lowest BCUT2D eigenvalue weighted by molar-refractivity contribution is 0.0726. The van der Waals surface area contributed by atoms with Crippen molar-refractivity contribution in [1.82, 2.24) is 15.2 Å². The van der Waals surface area contributed by atoms with E-state index in [1.807, 2.05) is 24.3 Å². The van der Waals surface area contributed by atoms with E-state index >= 15 is 0 Å². The number of rotatable bonds is 4. The van der Waals surface area contributed by atoms with Gasteiger partial charge >= 0.3 is 0 Å². The van der Waals surface area contributed by atoms with Crippen molar-refractivity contribution in [2.45, 2.75) is 10.3 Å². The fourth-order valence-corrected chi connectivity index (χ4v) is 5.95. The number of fused-ring (bicyclic) bond motifs is 1. The molecule has 1 amide bonds. The summed E-state index contributed by atoms with van der Waals surface area (Å²) in [5, 5.41) is 4.45. The Hall–Kier alpha value is -3.26. The summed E-state index contributed by atoms with van der Waals surface area (Å²) in [6.07, 6.45) is 3.45. The van der Waals surface area contributed by atoms with Crippen LogP contribution in [-0.2, 0) is 9.84 Å². The molecule has 5 rings (SSSR count). The minimum atomic E-state index is -3.70. The van der Waals surface area contributed by atoms with Crippen LogP contribution in [0.25, 0.3) is 21.9 Å². The van der Waals surface area contributed by atoms with Crippen LogP contribution in [0, 0.1) is 0 Å². The van der Waals surface area contributed by atoms with Crippen molar-refractivity contribution in [2.75, 3.05) is 19.6 Å². The van der Waals surface area contributed by atoms with Gasteiger partial charge in [-0.15, -0.1) is 0 Å². The van der Waals surface area contributed by atoms with Crippen molar-refractivity contribution in [1.29, 1.82) is 0 Å². The summed E-state index contributed by atoms with van der Waals surface area (Å²) in [7, 11) is -3.70. The third-order valence-corrected chi connectivity index (χ3v) is 8.26. The first-order valence-corrected chi connectivity index (χ1v) is 12.8. The van der Waals surface area contributed by atoms with Gasteiger partial charge in [-0.05, 0) is 70.4 Å². The lowest BCUT2D eigenvalue weighted by atomic mass is 10.0. The summed E-state index contributed by atoms with van der Waals surface area (Å²) in [6, 6.07) is 21.5. The van der Waals surface area contributed by atoms with Crippen molar-refractivity contribution in [3.8, 4) is 11.1 Å². The fraction of sp³-hybridized carbons (Fsp3) is 0.154. The monoisotopic (exact) mass is 491 g/mol. The van der Waals surface area contributed by atoms with Gasteiger partial charge in [-0.3, -0.25) is 15.1 Å². The molecule has 172 valence electrons. The third-order valence-electron chi connectivity index (χ3n) is 6.05. The number of carbonyl (C=O) groups is 1. The summed E-state index contributed by atoms with van der Waals surface area (Å²) >= 11 is 6.04. The van der Waals surface area contributed by atoms with Gasteiger partial charge in [0.15, 0.2) is 9.84 Å². The zero-order valence-corrected chi connectivity index (χ0v) is 19.8. The molecule has 4 aromatic rings. The molecule has 1 atom stereocenters. The van der Waals surface area contributed by atoms with Crippen molar-refractivity contribution < 1.29 is 13.2 Å². The highest BCUT2D eigenvalue weighted by Gasteiger charge is 2.34. The number of pyridine rings is 1. The maximum absolute atomic E-state index is 13.4. The Kier molecular flexibility index (Phi) is 6.08. The van der Waals surface area contributed by atoms with Gasteiger partial charge in [0, 0.05) is 36.1 Å². The summed E-state index contributed by atoms with van der Waals surface area (Å²) in [6.45, 7) is 0.910. The van der Waals surface area contributed by atoms with Gasteiger partial charge in [0.2, 0.25) is 0 Å². The highest BCUT2D eigenvalue weighted by Crippen LogP contribution is 2.26. The number of nitrogens with one attached hydrogen (secondary N) is 1. The molecule has 6 nitrogen and oxygen atoms in total. The number of sulfone groups is 1. The highest BCUT2D eigenvalue weighted by molar-refractivity contribution is 7.92. The Morgan fingerprint density at radius 1 is 0.912 bits per heavy atom. The topological polar surface area (TPSA) is 79.4 Å². The van der Waals surface area contributed by atoms with Crippen molar-refractivity contribution in [2.24, 2.45) is 0 Å². The summed E-state index contributed by atoms with van der Waals surface area (Å²) < 4.78 is 26.7. The first-order valence-electron chi connectivity index (χ1n) is 10.9. The molecule has 0 saturated carbocycles. The van der Waals surface area contributed by atoms with Gasteiger partial charge in [-0.2, -0.15) is 0 Å². The smallest absolute Gasteiger partial charge is 0.253 e. The first kappa shape index (κ1) is 22.5. The molecule has 1 saturated heterocycles. The molecule has 0 radical (unpaired) electrons. The highest BCUT2D eigenvalue weighted by atomic mass is 35.5. The SMILES string of the molecule is O=C(c1ccc(-c2ccncc2)cc1)N1CCNC(S(=O)(=O)c2ccc3cc(Cl)ccc3c2)C1. The fourth-order valence-electron chi connectivity index (χ4n) is 4.18. The first-order chi connectivity index (χ1) is 16.4. The average molecular weight is 492 g/mol. The van der Waals surface area contributed by atoms with Gasteiger partial charge in [0.05, 0.1) is 11.4 Å². The van der Waals surface area contributed by atoms with E-state index in [1.54, 1.807) is 65.8 Å². The Labute approximate surface area is 203 Å².